The molecule has 3 aliphatic heterocycles. The molecule has 0 N–H and O–H groups in total. The molecule has 24 heavy (non-hydrogen) atoms. The van der Waals surface area contributed by atoms with Gasteiger partial charge < -0.3 is 14.4 Å². The topological polar surface area (TPSA) is 42.0 Å². The molecule has 0 bridgehead atoms. The van der Waals surface area contributed by atoms with Gasteiger partial charge in [0.2, 0.25) is 5.91 Å². The Labute approximate surface area is 143 Å². The average Bonchev–Trinajstić information content (AvgIpc) is 2.61. The zero-order chi connectivity index (χ0) is 16.6. The molecule has 4 rings (SSSR count). The number of amides is 1. The van der Waals surface area contributed by atoms with E-state index in [0.717, 1.165) is 44.1 Å². The first-order valence-electron chi connectivity index (χ1n) is 8.98. The van der Waals surface area contributed by atoms with Gasteiger partial charge in [0, 0.05) is 26.6 Å². The number of rotatable bonds is 2. The van der Waals surface area contributed by atoms with E-state index in [9.17, 15) is 4.79 Å². The van der Waals surface area contributed by atoms with Gasteiger partial charge in [0.15, 0.2) is 11.5 Å². The Morgan fingerprint density at radius 3 is 2.67 bits per heavy atom. The SMILES string of the molecule is CN1CC2(CCC1=O)CCN(CC1COc3ccccc3O1)CC2. The van der Waals surface area contributed by atoms with Crippen molar-refractivity contribution in [3.63, 3.8) is 0 Å². The number of fused-ring (bicyclic) bond motifs is 1. The van der Waals surface area contributed by atoms with Crippen LogP contribution in [0.3, 0.4) is 0 Å². The van der Waals surface area contributed by atoms with Crippen molar-refractivity contribution in [3.05, 3.63) is 24.3 Å². The van der Waals surface area contributed by atoms with E-state index in [1.807, 2.05) is 36.2 Å². The Kier molecular flexibility index (Phi) is 4.12. The van der Waals surface area contributed by atoms with E-state index in [-0.39, 0.29) is 6.10 Å². The molecule has 0 aromatic heterocycles. The number of para-hydroxylation sites is 2. The summed E-state index contributed by atoms with van der Waals surface area (Å²) in [5, 5.41) is 0. The average molecular weight is 330 g/mol. The minimum absolute atomic E-state index is 0.101. The van der Waals surface area contributed by atoms with E-state index in [0.29, 0.717) is 24.3 Å². The predicted octanol–water partition coefficient (Wildman–Crippen LogP) is 2.16. The Bertz CT molecular complexity index is 610. The van der Waals surface area contributed by atoms with Crippen LogP contribution in [-0.4, -0.2) is 61.6 Å². The first-order valence-corrected chi connectivity index (χ1v) is 8.98. The number of nitrogens with zero attached hydrogens (tertiary/aromatic N) is 2. The van der Waals surface area contributed by atoms with Crippen LogP contribution >= 0.6 is 0 Å². The van der Waals surface area contributed by atoms with Crippen LogP contribution in [-0.2, 0) is 4.79 Å². The summed E-state index contributed by atoms with van der Waals surface area (Å²) in [5.41, 5.74) is 0.343. The van der Waals surface area contributed by atoms with Gasteiger partial charge in [-0.15, -0.1) is 0 Å². The third kappa shape index (κ3) is 3.09. The first-order chi connectivity index (χ1) is 11.6. The fourth-order valence-corrected chi connectivity index (χ4v) is 4.29. The summed E-state index contributed by atoms with van der Waals surface area (Å²) in [7, 11) is 1.94. The highest BCUT2D eigenvalue weighted by Crippen LogP contribution is 2.40. The molecule has 0 radical (unpaired) electrons. The number of hydrogen-bond acceptors (Lipinski definition) is 4. The molecule has 1 unspecified atom stereocenters. The van der Waals surface area contributed by atoms with Crippen molar-refractivity contribution in [2.24, 2.45) is 5.41 Å². The summed E-state index contributed by atoms with van der Waals surface area (Å²) < 4.78 is 11.9. The molecular weight excluding hydrogens is 304 g/mol. The predicted molar refractivity (Wildman–Crippen MR) is 91.3 cm³/mol. The van der Waals surface area contributed by atoms with Gasteiger partial charge in [-0.2, -0.15) is 0 Å². The highest BCUT2D eigenvalue weighted by atomic mass is 16.6. The van der Waals surface area contributed by atoms with Crippen molar-refractivity contribution < 1.29 is 14.3 Å². The fraction of sp³-hybridized carbons (Fsp3) is 0.632. The minimum Gasteiger partial charge on any atom is -0.486 e. The second kappa shape index (κ2) is 6.28. The molecule has 2 saturated heterocycles. The van der Waals surface area contributed by atoms with Gasteiger partial charge in [-0.3, -0.25) is 9.69 Å². The van der Waals surface area contributed by atoms with E-state index in [2.05, 4.69) is 4.90 Å². The van der Waals surface area contributed by atoms with Gasteiger partial charge >= 0.3 is 0 Å². The van der Waals surface area contributed by atoms with Crippen molar-refractivity contribution in [1.82, 2.24) is 9.80 Å². The molecule has 1 aromatic rings. The molecule has 2 fully saturated rings. The van der Waals surface area contributed by atoms with Crippen molar-refractivity contribution >= 4 is 5.91 Å². The standard InChI is InChI=1S/C19H26N2O3/c1-20-14-19(7-6-18(20)22)8-10-21(11-9-19)12-15-13-23-16-4-2-3-5-17(16)24-15/h2-5,15H,6-14H2,1H3. The zero-order valence-corrected chi connectivity index (χ0v) is 14.4. The van der Waals surface area contributed by atoms with Crippen LogP contribution in [0.2, 0.25) is 0 Å². The summed E-state index contributed by atoms with van der Waals surface area (Å²) in [4.78, 5) is 16.1. The maximum absolute atomic E-state index is 11.7. The van der Waals surface area contributed by atoms with E-state index >= 15 is 0 Å². The lowest BCUT2D eigenvalue weighted by Gasteiger charge is -2.47. The van der Waals surface area contributed by atoms with Crippen LogP contribution in [0.1, 0.15) is 25.7 Å². The second-order valence-electron chi connectivity index (χ2n) is 7.55. The molecule has 0 saturated carbocycles. The second-order valence-corrected chi connectivity index (χ2v) is 7.55. The lowest BCUT2D eigenvalue weighted by molar-refractivity contribution is -0.137. The summed E-state index contributed by atoms with van der Waals surface area (Å²) in [6.07, 6.45) is 4.22. The molecule has 0 aliphatic carbocycles. The normalized spacial score (nSPS) is 26.6. The van der Waals surface area contributed by atoms with Crippen LogP contribution in [0.5, 0.6) is 11.5 Å². The molecule has 5 heteroatoms. The zero-order valence-electron chi connectivity index (χ0n) is 14.4. The Morgan fingerprint density at radius 1 is 1.17 bits per heavy atom. The summed E-state index contributed by atoms with van der Waals surface area (Å²) in [6.45, 7) is 4.64. The fourth-order valence-electron chi connectivity index (χ4n) is 4.29. The van der Waals surface area contributed by atoms with Crippen LogP contribution < -0.4 is 9.47 Å². The summed E-state index contributed by atoms with van der Waals surface area (Å²) in [6, 6.07) is 7.88. The molecule has 3 aliphatic rings. The van der Waals surface area contributed by atoms with Crippen molar-refractivity contribution in [1.29, 1.82) is 0 Å². The number of carbonyl (C=O) groups is 1. The lowest BCUT2D eigenvalue weighted by atomic mass is 9.72. The summed E-state index contributed by atoms with van der Waals surface area (Å²) >= 11 is 0. The number of piperidine rings is 2. The Hall–Kier alpha value is -1.75. The molecule has 5 nitrogen and oxygen atoms in total. The largest absolute Gasteiger partial charge is 0.486 e. The van der Waals surface area contributed by atoms with E-state index < -0.39 is 0 Å². The molecular formula is C19H26N2O3. The van der Waals surface area contributed by atoms with Crippen molar-refractivity contribution in [2.75, 3.05) is 39.8 Å². The Balaban J connectivity index is 1.30. The quantitative estimate of drug-likeness (QED) is 0.833. The van der Waals surface area contributed by atoms with Gasteiger partial charge in [-0.25, -0.2) is 0 Å². The van der Waals surface area contributed by atoms with Crippen LogP contribution in [0, 0.1) is 5.41 Å². The molecule has 130 valence electrons. The third-order valence-electron chi connectivity index (χ3n) is 5.81. The Morgan fingerprint density at radius 2 is 1.92 bits per heavy atom. The number of ether oxygens (including phenoxy) is 2. The monoisotopic (exact) mass is 330 g/mol. The first kappa shape index (κ1) is 15.8. The highest BCUT2D eigenvalue weighted by Gasteiger charge is 2.40. The third-order valence-corrected chi connectivity index (χ3v) is 5.81. The van der Waals surface area contributed by atoms with Gasteiger partial charge in [-0.05, 0) is 49.9 Å². The number of carbonyl (C=O) groups excluding carboxylic acids is 1. The van der Waals surface area contributed by atoms with Crippen molar-refractivity contribution in [2.45, 2.75) is 31.8 Å². The van der Waals surface area contributed by atoms with Crippen molar-refractivity contribution in [3.8, 4) is 11.5 Å². The minimum atomic E-state index is 0.101. The smallest absolute Gasteiger partial charge is 0.222 e. The molecule has 1 amide bonds. The maximum Gasteiger partial charge on any atom is 0.222 e. The number of benzene rings is 1. The van der Waals surface area contributed by atoms with Crippen LogP contribution in [0.4, 0.5) is 0 Å². The van der Waals surface area contributed by atoms with Gasteiger partial charge in [0.25, 0.3) is 0 Å². The molecule has 1 spiro atoms. The molecule has 3 heterocycles. The van der Waals surface area contributed by atoms with E-state index in [4.69, 9.17) is 9.47 Å². The highest BCUT2D eigenvalue weighted by molar-refractivity contribution is 5.76. The maximum atomic E-state index is 11.7. The van der Waals surface area contributed by atoms with Gasteiger partial charge in [-0.1, -0.05) is 12.1 Å². The van der Waals surface area contributed by atoms with Crippen LogP contribution in [0.15, 0.2) is 24.3 Å². The number of hydrogen-bond donors (Lipinski definition) is 0. The lowest BCUT2D eigenvalue weighted by Crippen LogP contribution is -2.52. The van der Waals surface area contributed by atoms with Gasteiger partial charge in [0.1, 0.15) is 12.7 Å². The number of likely N-dealkylation sites (tertiary alicyclic amines) is 2. The van der Waals surface area contributed by atoms with E-state index in [1.54, 1.807) is 0 Å². The molecule has 1 atom stereocenters. The molecule has 1 aromatic carbocycles. The van der Waals surface area contributed by atoms with E-state index in [1.165, 1.54) is 12.8 Å². The van der Waals surface area contributed by atoms with Gasteiger partial charge in [0.05, 0.1) is 0 Å². The van der Waals surface area contributed by atoms with Crippen LogP contribution in [0.25, 0.3) is 0 Å². The summed E-state index contributed by atoms with van der Waals surface area (Å²) in [5.74, 6) is 2.00.